The molecule has 4 nitrogen and oxygen atoms in total. The number of nitrogens with one attached hydrogen (secondary N) is 1. The molecule has 0 aliphatic carbocycles. The molecule has 110 valence electrons. The first kappa shape index (κ1) is 17.9. The summed E-state index contributed by atoms with van der Waals surface area (Å²) < 4.78 is 0. The fourth-order valence-corrected chi connectivity index (χ4v) is 1.72. The number of likely N-dealkylation sites (N-methyl/N-ethyl adjacent to an activating group) is 1. The van der Waals surface area contributed by atoms with Gasteiger partial charge in [0.05, 0.1) is 12.9 Å². The summed E-state index contributed by atoms with van der Waals surface area (Å²) >= 11 is 0. The first-order chi connectivity index (χ1) is 9.24. The summed E-state index contributed by atoms with van der Waals surface area (Å²) in [6.45, 7) is 17.1. The summed E-state index contributed by atoms with van der Waals surface area (Å²) in [4.78, 5) is 8.86. The van der Waals surface area contributed by atoms with Crippen molar-refractivity contribution in [3.8, 4) is 0 Å². The molecule has 0 aromatic heterocycles. The van der Waals surface area contributed by atoms with Crippen molar-refractivity contribution in [1.82, 2.24) is 15.1 Å². The number of piperazine rings is 1. The minimum absolute atomic E-state index is 0.671. The highest BCUT2D eigenvalue weighted by atomic mass is 15.2. The third-order valence-electron chi connectivity index (χ3n) is 2.82. The molecule has 19 heavy (non-hydrogen) atoms. The van der Waals surface area contributed by atoms with E-state index in [1.807, 2.05) is 0 Å². The molecule has 0 bridgehead atoms. The van der Waals surface area contributed by atoms with E-state index < -0.39 is 0 Å². The molecule has 1 saturated heterocycles. The van der Waals surface area contributed by atoms with Crippen molar-refractivity contribution in [2.45, 2.75) is 13.3 Å². The normalized spacial score (nSPS) is 16.7. The Bertz CT molecular complexity index is 243. The quantitative estimate of drug-likeness (QED) is 0.329. The smallest absolute Gasteiger partial charge is 0.0830 e. The summed E-state index contributed by atoms with van der Waals surface area (Å²) in [5.41, 5.74) is 0. The first-order valence-corrected chi connectivity index (χ1v) is 7.09. The van der Waals surface area contributed by atoms with Gasteiger partial charge in [-0.1, -0.05) is 19.1 Å². The predicted octanol–water partition coefficient (Wildman–Crippen LogP) is 1.62. The lowest BCUT2D eigenvalue weighted by Gasteiger charge is -2.31. The van der Waals surface area contributed by atoms with Crippen molar-refractivity contribution in [1.29, 1.82) is 0 Å². The minimum atomic E-state index is 0.671. The maximum Gasteiger partial charge on any atom is 0.0830 e. The topological polar surface area (TPSA) is 30.9 Å². The van der Waals surface area contributed by atoms with Crippen LogP contribution in [0.15, 0.2) is 30.3 Å². The van der Waals surface area contributed by atoms with Crippen LogP contribution in [0.4, 0.5) is 0 Å². The van der Waals surface area contributed by atoms with Gasteiger partial charge in [-0.05, 0) is 20.0 Å². The van der Waals surface area contributed by atoms with Crippen molar-refractivity contribution in [3.05, 3.63) is 25.3 Å². The van der Waals surface area contributed by atoms with Gasteiger partial charge in [0.25, 0.3) is 0 Å². The van der Waals surface area contributed by atoms with Crippen LogP contribution in [0.1, 0.15) is 13.3 Å². The molecule has 4 heteroatoms. The van der Waals surface area contributed by atoms with Gasteiger partial charge in [0.2, 0.25) is 0 Å². The molecule has 0 saturated carbocycles. The number of rotatable bonds is 7. The van der Waals surface area contributed by atoms with E-state index in [1.54, 1.807) is 18.5 Å². The van der Waals surface area contributed by atoms with Crippen LogP contribution in [-0.4, -0.2) is 69.0 Å². The molecule has 0 spiro atoms. The lowest BCUT2D eigenvalue weighted by atomic mass is 10.3. The predicted molar refractivity (Wildman–Crippen MR) is 86.0 cm³/mol. The minimum Gasteiger partial charge on any atom is -0.373 e. The molecule has 1 N–H and O–H groups in total. The van der Waals surface area contributed by atoms with Crippen LogP contribution in [0.5, 0.6) is 0 Å². The third-order valence-corrected chi connectivity index (χ3v) is 2.82. The van der Waals surface area contributed by atoms with Crippen LogP contribution in [0, 0.1) is 0 Å². The fraction of sp³-hybridized carbons (Fsp3) is 0.667. The highest BCUT2D eigenvalue weighted by Crippen LogP contribution is 1.98. The number of aliphatic imine (C=N–C) groups is 1. The molecule has 0 amide bonds. The average molecular weight is 266 g/mol. The Morgan fingerprint density at radius 3 is 2.37 bits per heavy atom. The van der Waals surface area contributed by atoms with E-state index in [4.69, 9.17) is 0 Å². The SMILES string of the molecule is C=CCN=CNCC=C.CCCN1CCN(C)CC1. The van der Waals surface area contributed by atoms with Crippen molar-refractivity contribution >= 4 is 6.34 Å². The van der Waals surface area contributed by atoms with Crippen molar-refractivity contribution in [3.63, 3.8) is 0 Å². The Kier molecular flexibility index (Phi) is 12.5. The van der Waals surface area contributed by atoms with Gasteiger partial charge in [0, 0.05) is 32.7 Å². The van der Waals surface area contributed by atoms with Gasteiger partial charge in [-0.2, -0.15) is 0 Å². The standard InChI is InChI=1S/C8H18N2.C7H12N2/c1-3-4-10-7-5-9(2)6-8-10;1-3-5-8-7-9-6-4-2/h3-8H2,1-2H3;3-4,7H,1-2,5-6H2,(H,8,9). The van der Waals surface area contributed by atoms with Gasteiger partial charge in [-0.15, -0.1) is 13.2 Å². The zero-order chi connectivity index (χ0) is 14.3. The van der Waals surface area contributed by atoms with Gasteiger partial charge >= 0.3 is 0 Å². The molecule has 1 aliphatic heterocycles. The molecule has 1 rings (SSSR count). The number of hydrogen-bond donors (Lipinski definition) is 1. The van der Waals surface area contributed by atoms with E-state index in [9.17, 15) is 0 Å². The molecule has 1 heterocycles. The second-order valence-corrected chi connectivity index (χ2v) is 4.62. The van der Waals surface area contributed by atoms with Crippen LogP contribution in [0.3, 0.4) is 0 Å². The molecule has 0 atom stereocenters. The molecule has 0 aromatic rings. The molecule has 1 aliphatic rings. The van der Waals surface area contributed by atoms with Crippen molar-refractivity contribution in [2.24, 2.45) is 4.99 Å². The Hall–Kier alpha value is -1.13. The monoisotopic (exact) mass is 266 g/mol. The third kappa shape index (κ3) is 11.7. The number of hydrogen-bond acceptors (Lipinski definition) is 3. The molecule has 0 aromatic carbocycles. The highest BCUT2D eigenvalue weighted by Gasteiger charge is 2.11. The van der Waals surface area contributed by atoms with E-state index in [2.05, 4.69) is 47.2 Å². The Labute approximate surface area is 118 Å². The van der Waals surface area contributed by atoms with Gasteiger partial charge in [0.15, 0.2) is 0 Å². The van der Waals surface area contributed by atoms with Gasteiger partial charge < -0.3 is 15.1 Å². The fourth-order valence-electron chi connectivity index (χ4n) is 1.72. The lowest BCUT2D eigenvalue weighted by Crippen LogP contribution is -2.44. The highest BCUT2D eigenvalue weighted by molar-refractivity contribution is 5.54. The van der Waals surface area contributed by atoms with E-state index in [-0.39, 0.29) is 0 Å². The van der Waals surface area contributed by atoms with E-state index in [0.29, 0.717) is 6.54 Å². The lowest BCUT2D eigenvalue weighted by molar-refractivity contribution is 0.154. The van der Waals surface area contributed by atoms with Crippen LogP contribution in [-0.2, 0) is 0 Å². The summed E-state index contributed by atoms with van der Waals surface area (Å²) in [7, 11) is 2.20. The summed E-state index contributed by atoms with van der Waals surface area (Å²) in [6, 6.07) is 0. The van der Waals surface area contributed by atoms with E-state index >= 15 is 0 Å². The maximum absolute atomic E-state index is 3.93. The largest absolute Gasteiger partial charge is 0.373 e. The Morgan fingerprint density at radius 2 is 1.84 bits per heavy atom. The van der Waals surface area contributed by atoms with Gasteiger partial charge in [-0.25, -0.2) is 0 Å². The maximum atomic E-state index is 3.93. The first-order valence-electron chi connectivity index (χ1n) is 7.09. The average Bonchev–Trinajstić information content (AvgIpc) is 2.42. The zero-order valence-corrected chi connectivity index (χ0v) is 12.6. The van der Waals surface area contributed by atoms with Crippen LogP contribution in [0.2, 0.25) is 0 Å². The second-order valence-electron chi connectivity index (χ2n) is 4.62. The Morgan fingerprint density at radius 1 is 1.16 bits per heavy atom. The van der Waals surface area contributed by atoms with Gasteiger partial charge in [-0.3, -0.25) is 4.99 Å². The molecule has 0 radical (unpaired) electrons. The number of nitrogens with zero attached hydrogens (tertiary/aromatic N) is 3. The van der Waals surface area contributed by atoms with Crippen LogP contribution in [0.25, 0.3) is 0 Å². The zero-order valence-electron chi connectivity index (χ0n) is 12.6. The molecular formula is C15H30N4. The molecule has 1 fully saturated rings. The summed E-state index contributed by atoms with van der Waals surface area (Å²) in [5.74, 6) is 0. The van der Waals surface area contributed by atoms with Crippen molar-refractivity contribution in [2.75, 3.05) is 52.9 Å². The van der Waals surface area contributed by atoms with Crippen LogP contribution < -0.4 is 5.32 Å². The summed E-state index contributed by atoms with van der Waals surface area (Å²) in [5, 5.41) is 2.91. The van der Waals surface area contributed by atoms with E-state index in [0.717, 1.165) is 6.54 Å². The van der Waals surface area contributed by atoms with Crippen LogP contribution >= 0.6 is 0 Å². The molecule has 0 unspecified atom stereocenters. The van der Waals surface area contributed by atoms with Gasteiger partial charge in [0.1, 0.15) is 0 Å². The summed E-state index contributed by atoms with van der Waals surface area (Å²) in [6.07, 6.45) is 6.47. The van der Waals surface area contributed by atoms with E-state index in [1.165, 1.54) is 39.1 Å². The van der Waals surface area contributed by atoms with Crippen molar-refractivity contribution < 1.29 is 0 Å². The second kappa shape index (κ2) is 13.3. The Balaban J connectivity index is 0.000000344. The molecular weight excluding hydrogens is 236 g/mol.